The fourth-order valence-corrected chi connectivity index (χ4v) is 5.46. The molecule has 11 heteroatoms. The van der Waals surface area contributed by atoms with Gasteiger partial charge >= 0.3 is 6.18 Å². The molecule has 2 aromatic rings. The van der Waals surface area contributed by atoms with Crippen LogP contribution < -0.4 is 4.90 Å². The number of nitrogens with zero attached hydrogens (tertiary/aromatic N) is 6. The molecule has 3 fully saturated rings. The fourth-order valence-electron chi connectivity index (χ4n) is 5.46. The molecule has 1 unspecified atom stereocenters. The summed E-state index contributed by atoms with van der Waals surface area (Å²) < 4.78 is 39.5. The number of carbonyl (C=O) groups excluding carboxylic acids is 1. The van der Waals surface area contributed by atoms with E-state index in [9.17, 15) is 23.1 Å². The van der Waals surface area contributed by atoms with Crippen LogP contribution in [0.1, 0.15) is 50.6 Å². The Kier molecular flexibility index (Phi) is 5.54. The van der Waals surface area contributed by atoms with Crippen LogP contribution in [0.25, 0.3) is 5.69 Å². The highest BCUT2D eigenvalue weighted by molar-refractivity contribution is 5.86. The van der Waals surface area contributed by atoms with Crippen molar-refractivity contribution >= 4 is 11.9 Å². The second-order valence-corrected chi connectivity index (χ2v) is 9.40. The lowest BCUT2D eigenvalue weighted by molar-refractivity contribution is -0.141. The molecule has 0 bridgehead atoms. The summed E-state index contributed by atoms with van der Waals surface area (Å²) in [6.07, 6.45) is 5.04. The van der Waals surface area contributed by atoms with Crippen molar-refractivity contribution in [3.05, 3.63) is 30.4 Å². The minimum absolute atomic E-state index is 0.196. The number of piperidine rings is 1. The summed E-state index contributed by atoms with van der Waals surface area (Å²) >= 11 is 0. The molecule has 5 rings (SSSR count). The first kappa shape index (κ1) is 22.1. The van der Waals surface area contributed by atoms with Gasteiger partial charge in [-0.25, -0.2) is 14.6 Å². The van der Waals surface area contributed by atoms with Crippen molar-refractivity contribution in [2.45, 2.75) is 63.3 Å². The minimum Gasteiger partial charge on any atom is -0.393 e. The standard InChI is InChI=1S/C22H27F3N6O2/c23-22(24,25)18-6-10-31(28-18)16-12-26-20(27-13-16)29-9-1-7-21(14-29)8-11-30(19(21)33)15-2-4-17(32)5-3-15/h6,10,12-13,15,17,32H,1-5,7-9,11,14H2/t15-,17+,21?. The maximum Gasteiger partial charge on any atom is 0.435 e. The topological polar surface area (TPSA) is 87.4 Å². The molecular weight excluding hydrogens is 437 g/mol. The van der Waals surface area contributed by atoms with Gasteiger partial charge in [-0.2, -0.15) is 18.3 Å². The number of aliphatic hydroxyl groups excluding tert-OH is 1. The maximum absolute atomic E-state index is 13.5. The van der Waals surface area contributed by atoms with Gasteiger partial charge in [0.25, 0.3) is 0 Å². The Morgan fingerprint density at radius 1 is 1.06 bits per heavy atom. The zero-order valence-corrected chi connectivity index (χ0v) is 18.2. The van der Waals surface area contributed by atoms with Crippen LogP contribution in [0.3, 0.4) is 0 Å². The van der Waals surface area contributed by atoms with E-state index >= 15 is 0 Å². The van der Waals surface area contributed by atoms with Gasteiger partial charge in [-0.15, -0.1) is 0 Å². The normalized spacial score (nSPS) is 28.7. The number of alkyl halides is 3. The van der Waals surface area contributed by atoms with Gasteiger partial charge in [0.1, 0.15) is 5.69 Å². The number of carbonyl (C=O) groups is 1. The van der Waals surface area contributed by atoms with E-state index in [4.69, 9.17) is 0 Å². The Labute approximate surface area is 189 Å². The highest BCUT2D eigenvalue weighted by atomic mass is 19.4. The fraction of sp³-hybridized carbons (Fsp3) is 0.636. The van der Waals surface area contributed by atoms with Gasteiger partial charge < -0.3 is 14.9 Å². The molecule has 4 heterocycles. The Morgan fingerprint density at radius 2 is 1.79 bits per heavy atom. The number of hydrogen-bond acceptors (Lipinski definition) is 6. The lowest BCUT2D eigenvalue weighted by Crippen LogP contribution is -2.50. The van der Waals surface area contributed by atoms with Gasteiger partial charge in [0.05, 0.1) is 23.9 Å². The summed E-state index contributed by atoms with van der Waals surface area (Å²) in [5, 5.41) is 13.3. The summed E-state index contributed by atoms with van der Waals surface area (Å²) in [4.78, 5) is 26.2. The van der Waals surface area contributed by atoms with E-state index in [-0.39, 0.29) is 18.1 Å². The molecule has 1 aliphatic carbocycles. The van der Waals surface area contributed by atoms with E-state index in [0.717, 1.165) is 68.8 Å². The van der Waals surface area contributed by atoms with Gasteiger partial charge in [0, 0.05) is 31.9 Å². The third-order valence-corrected chi connectivity index (χ3v) is 7.28. The Balaban J connectivity index is 1.28. The molecule has 1 atom stereocenters. The van der Waals surface area contributed by atoms with E-state index in [1.165, 1.54) is 18.6 Å². The second kappa shape index (κ2) is 8.27. The van der Waals surface area contributed by atoms with Crippen LogP contribution in [0, 0.1) is 5.41 Å². The number of aromatic nitrogens is 4. The first-order valence-corrected chi connectivity index (χ1v) is 11.4. The highest BCUT2D eigenvalue weighted by Crippen LogP contribution is 2.43. The second-order valence-electron chi connectivity index (χ2n) is 9.40. The summed E-state index contributed by atoms with van der Waals surface area (Å²) in [6.45, 7) is 2.01. The Morgan fingerprint density at radius 3 is 2.45 bits per heavy atom. The summed E-state index contributed by atoms with van der Waals surface area (Å²) in [5.74, 6) is 0.662. The van der Waals surface area contributed by atoms with Crippen molar-refractivity contribution in [1.29, 1.82) is 0 Å². The lowest BCUT2D eigenvalue weighted by Gasteiger charge is -2.40. The number of hydrogen-bond donors (Lipinski definition) is 1. The molecule has 8 nitrogen and oxygen atoms in total. The molecule has 2 aliphatic heterocycles. The molecule has 1 amide bonds. The van der Waals surface area contributed by atoms with Crippen molar-refractivity contribution in [3.8, 4) is 5.69 Å². The van der Waals surface area contributed by atoms with Gasteiger partial charge in [-0.05, 0) is 51.0 Å². The summed E-state index contributed by atoms with van der Waals surface area (Å²) in [5.41, 5.74) is -1.08. The van der Waals surface area contributed by atoms with Gasteiger partial charge in [0.2, 0.25) is 11.9 Å². The van der Waals surface area contributed by atoms with Gasteiger partial charge in [0.15, 0.2) is 5.69 Å². The third kappa shape index (κ3) is 4.18. The van der Waals surface area contributed by atoms with Crippen LogP contribution in [-0.2, 0) is 11.0 Å². The quantitative estimate of drug-likeness (QED) is 0.752. The molecule has 0 radical (unpaired) electrons. The number of likely N-dealkylation sites (tertiary alicyclic amines) is 1. The predicted octanol–water partition coefficient (Wildman–Crippen LogP) is 2.80. The van der Waals surface area contributed by atoms with Crippen molar-refractivity contribution in [1.82, 2.24) is 24.6 Å². The van der Waals surface area contributed by atoms with Crippen molar-refractivity contribution in [2.75, 3.05) is 24.5 Å². The lowest BCUT2D eigenvalue weighted by atomic mass is 9.78. The molecule has 178 valence electrons. The summed E-state index contributed by atoms with van der Waals surface area (Å²) in [6, 6.07) is 1.12. The van der Waals surface area contributed by atoms with E-state index in [1.54, 1.807) is 0 Å². The van der Waals surface area contributed by atoms with Crippen molar-refractivity contribution in [3.63, 3.8) is 0 Å². The average molecular weight is 464 g/mol. The van der Waals surface area contributed by atoms with E-state index in [1.807, 2.05) is 9.80 Å². The maximum atomic E-state index is 13.5. The molecule has 1 spiro atoms. The van der Waals surface area contributed by atoms with E-state index < -0.39 is 17.3 Å². The minimum atomic E-state index is -4.51. The molecule has 0 aromatic carbocycles. The number of aliphatic hydroxyl groups is 1. The number of amides is 1. The Bertz CT molecular complexity index is 1000. The smallest absolute Gasteiger partial charge is 0.393 e. The molecule has 1 saturated carbocycles. The van der Waals surface area contributed by atoms with Crippen LogP contribution in [0.5, 0.6) is 0 Å². The average Bonchev–Trinajstić information content (AvgIpc) is 3.42. The highest BCUT2D eigenvalue weighted by Gasteiger charge is 2.51. The summed E-state index contributed by atoms with van der Waals surface area (Å²) in [7, 11) is 0. The first-order valence-electron chi connectivity index (χ1n) is 11.4. The SMILES string of the molecule is O=C1N([C@H]2CC[C@@H](O)CC2)CCC12CCCN(c1ncc(-n3ccc(C(F)(F)F)n3)cn1)C2. The monoisotopic (exact) mass is 464 g/mol. The zero-order chi connectivity index (χ0) is 23.2. The van der Waals surface area contributed by atoms with Gasteiger partial charge in [-0.1, -0.05) is 0 Å². The number of rotatable bonds is 3. The van der Waals surface area contributed by atoms with Crippen LogP contribution in [0.15, 0.2) is 24.7 Å². The molecule has 33 heavy (non-hydrogen) atoms. The molecule has 2 aromatic heterocycles. The molecule has 3 aliphatic rings. The van der Waals surface area contributed by atoms with Crippen LogP contribution >= 0.6 is 0 Å². The van der Waals surface area contributed by atoms with Crippen molar-refractivity contribution in [2.24, 2.45) is 5.41 Å². The third-order valence-electron chi connectivity index (χ3n) is 7.28. The molecular formula is C22H27F3N6O2. The Hall–Kier alpha value is -2.69. The predicted molar refractivity (Wildman–Crippen MR) is 113 cm³/mol. The van der Waals surface area contributed by atoms with Crippen LogP contribution in [0.4, 0.5) is 19.1 Å². The van der Waals surface area contributed by atoms with E-state index in [0.29, 0.717) is 18.2 Å². The van der Waals surface area contributed by atoms with Crippen molar-refractivity contribution < 1.29 is 23.1 Å². The first-order chi connectivity index (χ1) is 15.7. The van der Waals surface area contributed by atoms with Gasteiger partial charge in [-0.3, -0.25) is 4.79 Å². The largest absolute Gasteiger partial charge is 0.435 e. The van der Waals surface area contributed by atoms with Crippen LogP contribution in [0.2, 0.25) is 0 Å². The molecule has 2 saturated heterocycles. The van der Waals surface area contributed by atoms with E-state index in [2.05, 4.69) is 15.1 Å². The molecule has 1 N–H and O–H groups in total. The number of anilines is 1. The van der Waals surface area contributed by atoms with Crippen LogP contribution in [-0.4, -0.2) is 67.4 Å². The number of halogens is 3. The zero-order valence-electron chi connectivity index (χ0n) is 18.2.